The van der Waals surface area contributed by atoms with Crippen molar-refractivity contribution in [1.29, 1.82) is 0 Å². The van der Waals surface area contributed by atoms with Crippen LogP contribution in [0.3, 0.4) is 0 Å². The number of carbonyl (C=O) groups is 1. The lowest BCUT2D eigenvalue weighted by Gasteiger charge is -2.06. The molecule has 1 heterocycles. The van der Waals surface area contributed by atoms with E-state index in [1.165, 1.54) is 0 Å². The second-order valence-electron chi connectivity index (χ2n) is 4.11. The molecule has 19 heavy (non-hydrogen) atoms. The molecule has 0 unspecified atom stereocenters. The topological polar surface area (TPSA) is 74.8 Å². The number of aromatic nitrogens is 2. The van der Waals surface area contributed by atoms with Gasteiger partial charge in [-0.2, -0.15) is 5.10 Å². The van der Waals surface area contributed by atoms with Gasteiger partial charge < -0.3 is 5.32 Å². The summed E-state index contributed by atoms with van der Waals surface area (Å²) >= 11 is 5.53. The molecule has 5 nitrogen and oxygen atoms in total. The van der Waals surface area contributed by atoms with Crippen LogP contribution >= 0.6 is 11.6 Å². The van der Waals surface area contributed by atoms with Gasteiger partial charge in [-0.15, -0.1) is 11.6 Å². The Morgan fingerprint density at radius 1 is 1.32 bits per heavy atom. The number of hydrogen-bond acceptors (Lipinski definition) is 3. The van der Waals surface area contributed by atoms with E-state index in [0.29, 0.717) is 36.3 Å². The Morgan fingerprint density at radius 2 is 2.05 bits per heavy atom. The van der Waals surface area contributed by atoms with E-state index in [4.69, 9.17) is 11.6 Å². The first-order chi connectivity index (χ1) is 9.22. The predicted octanol–water partition coefficient (Wildman–Crippen LogP) is 1.56. The highest BCUT2D eigenvalue weighted by Gasteiger charge is 2.07. The van der Waals surface area contributed by atoms with Crippen LogP contribution in [0.15, 0.2) is 29.1 Å². The Balaban J connectivity index is 2.15. The summed E-state index contributed by atoms with van der Waals surface area (Å²) in [6.45, 7) is 0.290. The van der Waals surface area contributed by atoms with E-state index in [9.17, 15) is 9.59 Å². The minimum Gasteiger partial charge on any atom is -0.350 e. The summed E-state index contributed by atoms with van der Waals surface area (Å²) in [6.07, 6.45) is 1.04. The van der Waals surface area contributed by atoms with Crippen molar-refractivity contribution in [3.8, 4) is 0 Å². The molecule has 100 valence electrons. The van der Waals surface area contributed by atoms with Crippen LogP contribution in [0.5, 0.6) is 0 Å². The smallest absolute Gasteiger partial charge is 0.272 e. The van der Waals surface area contributed by atoms with Crippen molar-refractivity contribution in [2.24, 2.45) is 0 Å². The summed E-state index contributed by atoms with van der Waals surface area (Å²) in [7, 11) is 0. The van der Waals surface area contributed by atoms with E-state index < -0.39 is 0 Å². The molecule has 0 fully saturated rings. The van der Waals surface area contributed by atoms with E-state index in [1.807, 2.05) is 12.1 Å². The molecular weight excluding hydrogens is 266 g/mol. The highest BCUT2D eigenvalue weighted by molar-refractivity contribution is 6.17. The molecule has 0 bridgehead atoms. The maximum absolute atomic E-state index is 11.6. The minimum absolute atomic E-state index is 0.0715. The molecule has 2 rings (SSSR count). The fraction of sp³-hybridized carbons (Fsp3) is 0.308. The molecule has 0 saturated carbocycles. The third-order valence-electron chi connectivity index (χ3n) is 2.77. The summed E-state index contributed by atoms with van der Waals surface area (Å²) in [5, 5.41) is 10.5. The average molecular weight is 280 g/mol. The summed E-state index contributed by atoms with van der Waals surface area (Å²) in [5.74, 6) is 0.394. The fourth-order valence-electron chi connectivity index (χ4n) is 1.80. The van der Waals surface area contributed by atoms with E-state index in [2.05, 4.69) is 15.5 Å². The average Bonchev–Trinajstić information content (AvgIpc) is 2.45. The van der Waals surface area contributed by atoms with Crippen molar-refractivity contribution in [2.75, 3.05) is 5.88 Å². The number of carbonyl (C=O) groups excluding carboxylic acids is 1. The van der Waals surface area contributed by atoms with Crippen LogP contribution in [0.2, 0.25) is 0 Å². The quantitative estimate of drug-likeness (QED) is 0.816. The molecule has 1 aromatic heterocycles. The maximum Gasteiger partial charge on any atom is 0.272 e. The van der Waals surface area contributed by atoms with E-state index in [0.717, 1.165) is 5.39 Å². The maximum atomic E-state index is 11.6. The van der Waals surface area contributed by atoms with Gasteiger partial charge >= 0.3 is 0 Å². The van der Waals surface area contributed by atoms with Crippen LogP contribution in [-0.2, 0) is 11.3 Å². The molecule has 0 aliphatic heterocycles. The van der Waals surface area contributed by atoms with Crippen LogP contribution in [0.25, 0.3) is 10.8 Å². The van der Waals surface area contributed by atoms with Gasteiger partial charge in [0.25, 0.3) is 5.56 Å². The number of benzene rings is 1. The van der Waals surface area contributed by atoms with Crippen molar-refractivity contribution in [3.05, 3.63) is 40.3 Å². The van der Waals surface area contributed by atoms with E-state index >= 15 is 0 Å². The lowest BCUT2D eigenvalue weighted by molar-refractivity contribution is -0.121. The number of H-pyrrole nitrogens is 1. The van der Waals surface area contributed by atoms with Crippen molar-refractivity contribution < 1.29 is 4.79 Å². The summed E-state index contributed by atoms with van der Waals surface area (Å²) < 4.78 is 0. The third-order valence-corrected chi connectivity index (χ3v) is 3.03. The second-order valence-corrected chi connectivity index (χ2v) is 4.49. The molecule has 6 heteroatoms. The summed E-state index contributed by atoms with van der Waals surface area (Å²) in [6, 6.07) is 7.18. The molecule has 0 spiro atoms. The standard InChI is InChI=1S/C13H14ClN3O2/c14-7-3-6-12(18)15-8-11-9-4-1-2-5-10(9)13(19)17-16-11/h1-2,4-5H,3,6-8H2,(H,15,18)(H,17,19). The first-order valence-electron chi connectivity index (χ1n) is 6.01. The van der Waals surface area contributed by atoms with Crippen LogP contribution in [-0.4, -0.2) is 22.0 Å². The molecule has 2 N–H and O–H groups in total. The first-order valence-corrected chi connectivity index (χ1v) is 6.55. The van der Waals surface area contributed by atoms with Crippen molar-refractivity contribution in [1.82, 2.24) is 15.5 Å². The van der Waals surface area contributed by atoms with Crippen molar-refractivity contribution >= 4 is 28.3 Å². The predicted molar refractivity (Wildman–Crippen MR) is 74.2 cm³/mol. The monoisotopic (exact) mass is 279 g/mol. The number of fused-ring (bicyclic) bond motifs is 1. The van der Waals surface area contributed by atoms with E-state index in [-0.39, 0.29) is 11.5 Å². The molecular formula is C13H14ClN3O2. The number of rotatable bonds is 5. The molecule has 1 aromatic carbocycles. The zero-order valence-corrected chi connectivity index (χ0v) is 11.0. The zero-order valence-electron chi connectivity index (χ0n) is 10.3. The van der Waals surface area contributed by atoms with Gasteiger partial charge in [0.15, 0.2) is 0 Å². The number of halogens is 1. The zero-order chi connectivity index (χ0) is 13.7. The molecule has 0 atom stereocenters. The molecule has 1 amide bonds. The number of aromatic amines is 1. The van der Waals surface area contributed by atoms with Gasteiger partial charge in [-0.25, -0.2) is 5.10 Å². The van der Waals surface area contributed by atoms with Gasteiger partial charge in [0.1, 0.15) is 0 Å². The lowest BCUT2D eigenvalue weighted by Crippen LogP contribution is -2.24. The molecule has 0 aliphatic carbocycles. The third kappa shape index (κ3) is 3.32. The van der Waals surface area contributed by atoms with Gasteiger partial charge in [0.05, 0.1) is 17.6 Å². The number of alkyl halides is 1. The SMILES string of the molecule is O=C(CCCCl)NCc1n[nH]c(=O)c2ccccc12. The summed E-state index contributed by atoms with van der Waals surface area (Å²) in [4.78, 5) is 23.1. The van der Waals surface area contributed by atoms with Crippen molar-refractivity contribution in [3.63, 3.8) is 0 Å². The second kappa shape index (κ2) is 6.33. The fourth-order valence-corrected chi connectivity index (χ4v) is 1.94. The van der Waals surface area contributed by atoms with E-state index in [1.54, 1.807) is 12.1 Å². The molecule has 0 saturated heterocycles. The largest absolute Gasteiger partial charge is 0.350 e. The number of nitrogens with zero attached hydrogens (tertiary/aromatic N) is 1. The van der Waals surface area contributed by atoms with Crippen LogP contribution < -0.4 is 10.9 Å². The number of nitrogens with one attached hydrogen (secondary N) is 2. The Bertz CT molecular complexity index is 639. The van der Waals surface area contributed by atoms with Crippen LogP contribution in [0.1, 0.15) is 18.5 Å². The van der Waals surface area contributed by atoms with Crippen LogP contribution in [0.4, 0.5) is 0 Å². The first kappa shape index (κ1) is 13.5. The Kier molecular flexibility index (Phi) is 4.52. The molecule has 2 aromatic rings. The Labute approximate surface area is 115 Å². The van der Waals surface area contributed by atoms with Gasteiger partial charge in [0.2, 0.25) is 5.91 Å². The van der Waals surface area contributed by atoms with Gasteiger partial charge in [-0.3, -0.25) is 9.59 Å². The highest BCUT2D eigenvalue weighted by atomic mass is 35.5. The van der Waals surface area contributed by atoms with Gasteiger partial charge in [-0.05, 0) is 12.5 Å². The number of amides is 1. The highest BCUT2D eigenvalue weighted by Crippen LogP contribution is 2.11. The Hall–Kier alpha value is -1.88. The Morgan fingerprint density at radius 3 is 2.79 bits per heavy atom. The molecule has 0 aliphatic rings. The molecule has 0 radical (unpaired) electrons. The van der Waals surface area contributed by atoms with Gasteiger partial charge in [0, 0.05) is 17.7 Å². The summed E-state index contributed by atoms with van der Waals surface area (Å²) in [5.41, 5.74) is 0.419. The lowest BCUT2D eigenvalue weighted by atomic mass is 10.1. The van der Waals surface area contributed by atoms with Crippen molar-refractivity contribution in [2.45, 2.75) is 19.4 Å². The van der Waals surface area contributed by atoms with Gasteiger partial charge in [-0.1, -0.05) is 18.2 Å². The normalized spacial score (nSPS) is 10.6. The van der Waals surface area contributed by atoms with Crippen LogP contribution in [0, 0.1) is 0 Å². The number of hydrogen-bond donors (Lipinski definition) is 2. The minimum atomic E-state index is -0.229.